The maximum Gasteiger partial charge on any atom is 0.430 e. The minimum atomic E-state index is -5.19. The van der Waals surface area contributed by atoms with Gasteiger partial charge in [-0.05, 0) is 66.1 Å². The lowest BCUT2D eigenvalue weighted by molar-refractivity contribution is -0.662. The molecule has 4 aromatic carbocycles. The summed E-state index contributed by atoms with van der Waals surface area (Å²) in [6, 6.07) is 39.1. The average molecular weight is 767 g/mol. The summed E-state index contributed by atoms with van der Waals surface area (Å²) >= 11 is 3.55. The number of aliphatic carboxylic acids is 1. The lowest BCUT2D eigenvalue weighted by Gasteiger charge is -2.22. The minimum absolute atomic E-state index is 0.634. The summed E-state index contributed by atoms with van der Waals surface area (Å²) in [5.41, 5.74) is 7.19. The fourth-order valence-electron chi connectivity index (χ4n) is 5.50. The average Bonchev–Trinajstić information content (AvgIpc) is 3.57. The van der Waals surface area contributed by atoms with E-state index < -0.39 is 12.1 Å². The minimum Gasteiger partial charge on any atom is -0.542 e. The number of fused-ring (bicyclic) bond motifs is 1. The molecule has 13 heteroatoms. The van der Waals surface area contributed by atoms with Crippen LogP contribution in [0.4, 0.5) is 13.2 Å². The van der Waals surface area contributed by atoms with Crippen LogP contribution in [0.15, 0.2) is 120 Å². The van der Waals surface area contributed by atoms with E-state index in [-0.39, 0.29) is 0 Å². The van der Waals surface area contributed by atoms with Gasteiger partial charge in [0.15, 0.2) is 12.7 Å². The lowest BCUT2D eigenvalue weighted by Crippen LogP contribution is -2.37. The van der Waals surface area contributed by atoms with Crippen LogP contribution >= 0.6 is 15.9 Å². The summed E-state index contributed by atoms with van der Waals surface area (Å²) in [7, 11) is 0. The first-order chi connectivity index (χ1) is 25.0. The molecular formula is C39H31BrF3N7O2. The molecule has 0 saturated carbocycles. The van der Waals surface area contributed by atoms with Crippen LogP contribution in [0.2, 0.25) is 0 Å². The highest BCUT2D eigenvalue weighted by atomic mass is 79.9. The van der Waals surface area contributed by atoms with Crippen molar-refractivity contribution < 1.29 is 27.6 Å². The third-order valence-corrected chi connectivity index (χ3v) is 8.64. The molecule has 52 heavy (non-hydrogen) atoms. The first-order valence-electron chi connectivity index (χ1n) is 16.0. The molecule has 6 aromatic rings. The zero-order valence-electron chi connectivity index (χ0n) is 27.7. The number of pyridine rings is 1. The van der Waals surface area contributed by atoms with Crippen molar-refractivity contribution in [1.82, 2.24) is 19.7 Å². The second kappa shape index (κ2) is 17.4. The number of carbonyl (C=O) groups is 1. The second-order valence-corrected chi connectivity index (χ2v) is 12.8. The zero-order chi connectivity index (χ0) is 37.1. The molecule has 0 saturated heterocycles. The van der Waals surface area contributed by atoms with E-state index in [1.165, 1.54) is 16.5 Å². The number of benzene rings is 4. The van der Waals surface area contributed by atoms with Crippen molar-refractivity contribution in [3.8, 4) is 12.1 Å². The SMILES string of the molecule is N#Cc1ccc(Cn2cnnc2CN(CCc2ccc(Br)cc2)Cc2cc3ccccc3[n+](Cc3ccc(C#N)cc3)c2)cc1.O=C([O-])C(F)(F)F. The smallest absolute Gasteiger partial charge is 0.430 e. The van der Waals surface area contributed by atoms with Gasteiger partial charge in [-0.25, -0.2) is 0 Å². The number of carbonyl (C=O) groups excluding carboxylic acids is 1. The Morgan fingerprint density at radius 3 is 2.06 bits per heavy atom. The van der Waals surface area contributed by atoms with E-state index >= 15 is 0 Å². The van der Waals surface area contributed by atoms with Crippen molar-refractivity contribution in [3.63, 3.8) is 0 Å². The van der Waals surface area contributed by atoms with Crippen LogP contribution in [0.3, 0.4) is 0 Å². The Balaban J connectivity index is 0.000000679. The van der Waals surface area contributed by atoms with Crippen LogP contribution in [0.25, 0.3) is 10.9 Å². The van der Waals surface area contributed by atoms with E-state index in [9.17, 15) is 18.4 Å². The molecule has 0 atom stereocenters. The number of hydrogen-bond acceptors (Lipinski definition) is 7. The third kappa shape index (κ3) is 10.6. The van der Waals surface area contributed by atoms with E-state index in [0.29, 0.717) is 30.8 Å². The summed E-state index contributed by atoms with van der Waals surface area (Å²) in [6.07, 6.45) is -0.271. The number of aromatic nitrogens is 4. The predicted octanol–water partition coefficient (Wildman–Crippen LogP) is 5.86. The second-order valence-electron chi connectivity index (χ2n) is 11.9. The number of para-hydroxylation sites is 1. The zero-order valence-corrected chi connectivity index (χ0v) is 29.3. The van der Waals surface area contributed by atoms with Crippen molar-refractivity contribution >= 4 is 32.8 Å². The molecule has 0 bridgehead atoms. The summed E-state index contributed by atoms with van der Waals surface area (Å²) in [5, 5.41) is 37.1. The summed E-state index contributed by atoms with van der Waals surface area (Å²) in [4.78, 5) is 11.2. The molecule has 0 spiro atoms. The van der Waals surface area contributed by atoms with Gasteiger partial charge in [0, 0.05) is 40.1 Å². The number of hydrogen-bond donors (Lipinski definition) is 0. The fraction of sp³-hybridized carbons (Fsp3) is 0.179. The number of alkyl halides is 3. The number of rotatable bonds is 11. The molecule has 0 radical (unpaired) electrons. The number of carboxylic acids is 1. The molecular weight excluding hydrogens is 735 g/mol. The first-order valence-corrected chi connectivity index (χ1v) is 16.8. The fourth-order valence-corrected chi connectivity index (χ4v) is 5.77. The first kappa shape index (κ1) is 37.4. The quantitative estimate of drug-likeness (QED) is 0.151. The summed E-state index contributed by atoms with van der Waals surface area (Å²) in [6.45, 7) is 3.55. The van der Waals surface area contributed by atoms with Gasteiger partial charge in [-0.1, -0.05) is 64.5 Å². The molecule has 0 aliphatic rings. The van der Waals surface area contributed by atoms with Crippen molar-refractivity contribution in [2.24, 2.45) is 0 Å². The molecule has 2 aromatic heterocycles. The van der Waals surface area contributed by atoms with Gasteiger partial charge >= 0.3 is 6.18 Å². The van der Waals surface area contributed by atoms with Crippen molar-refractivity contribution in [3.05, 3.63) is 159 Å². The van der Waals surface area contributed by atoms with Crippen molar-refractivity contribution in [1.29, 1.82) is 10.5 Å². The van der Waals surface area contributed by atoms with E-state index in [0.717, 1.165) is 46.5 Å². The monoisotopic (exact) mass is 765 g/mol. The number of nitriles is 2. The topological polar surface area (TPSA) is 126 Å². The predicted molar refractivity (Wildman–Crippen MR) is 188 cm³/mol. The van der Waals surface area contributed by atoms with Crippen LogP contribution in [0, 0.1) is 22.7 Å². The number of halogens is 4. The number of nitrogens with zero attached hydrogens (tertiary/aromatic N) is 7. The Morgan fingerprint density at radius 1 is 0.846 bits per heavy atom. The van der Waals surface area contributed by atoms with Gasteiger partial charge in [0.2, 0.25) is 5.52 Å². The van der Waals surface area contributed by atoms with E-state index in [1.807, 2.05) is 48.5 Å². The molecule has 0 N–H and O–H groups in total. The molecule has 262 valence electrons. The van der Waals surface area contributed by atoms with E-state index in [1.54, 1.807) is 6.33 Å². The van der Waals surface area contributed by atoms with Gasteiger partial charge in [-0.2, -0.15) is 28.3 Å². The highest BCUT2D eigenvalue weighted by Crippen LogP contribution is 2.18. The largest absolute Gasteiger partial charge is 0.542 e. The number of carboxylic acid groups (broad SMARTS) is 1. The Morgan fingerprint density at radius 2 is 1.44 bits per heavy atom. The lowest BCUT2D eigenvalue weighted by atomic mass is 10.1. The standard InChI is InChI=1S/C37H31BrN7.C2HF3O2/c38-35-15-13-28(14-16-35)17-18-43(26-37-42-41-27-45(37)24-32-11-7-30(21-40)8-12-32)22-33-19-34-3-1-2-4-36(34)44(25-33)23-31-9-5-29(20-39)6-10-31;3-2(4,5)1(6)7/h1-16,19,25,27H,17-18,22-24,26H2;(H,6,7)/q+1;/p-1. The van der Waals surface area contributed by atoms with Gasteiger partial charge < -0.3 is 14.5 Å². The Labute approximate surface area is 306 Å². The van der Waals surface area contributed by atoms with Crippen LogP contribution in [0.5, 0.6) is 0 Å². The molecule has 0 aliphatic heterocycles. The Bertz CT molecular complexity index is 2210. The maximum atomic E-state index is 10.5. The highest BCUT2D eigenvalue weighted by molar-refractivity contribution is 9.10. The van der Waals surface area contributed by atoms with Crippen LogP contribution in [-0.4, -0.2) is 38.4 Å². The third-order valence-electron chi connectivity index (χ3n) is 8.11. The highest BCUT2D eigenvalue weighted by Gasteiger charge is 2.28. The van der Waals surface area contributed by atoms with Crippen LogP contribution in [-0.2, 0) is 37.4 Å². The molecule has 0 amide bonds. The molecule has 0 aliphatic carbocycles. The van der Waals surface area contributed by atoms with Gasteiger partial charge in [0.1, 0.15) is 18.1 Å². The Hall–Kier alpha value is -5.89. The van der Waals surface area contributed by atoms with Gasteiger partial charge in [0.05, 0.1) is 36.4 Å². The molecule has 9 nitrogen and oxygen atoms in total. The van der Waals surface area contributed by atoms with Gasteiger partial charge in [-0.3, -0.25) is 4.90 Å². The van der Waals surface area contributed by atoms with Crippen molar-refractivity contribution in [2.45, 2.75) is 38.8 Å². The molecule has 0 fully saturated rings. The summed E-state index contributed by atoms with van der Waals surface area (Å²) in [5.74, 6) is -2.12. The summed E-state index contributed by atoms with van der Waals surface area (Å²) < 4.78 is 37.0. The molecule has 2 heterocycles. The van der Waals surface area contributed by atoms with Gasteiger partial charge in [0.25, 0.3) is 0 Å². The van der Waals surface area contributed by atoms with Crippen molar-refractivity contribution in [2.75, 3.05) is 6.54 Å². The van der Waals surface area contributed by atoms with Crippen LogP contribution < -0.4 is 9.67 Å². The normalized spacial score (nSPS) is 11.1. The maximum absolute atomic E-state index is 10.5. The van der Waals surface area contributed by atoms with E-state index in [2.05, 4.69) is 113 Å². The van der Waals surface area contributed by atoms with Crippen LogP contribution in [0.1, 0.15) is 39.2 Å². The molecule has 0 unspecified atom stereocenters. The van der Waals surface area contributed by atoms with Gasteiger partial charge in [-0.15, -0.1) is 10.2 Å². The Kier molecular flexibility index (Phi) is 12.5. The molecule has 6 rings (SSSR count). The van der Waals surface area contributed by atoms with E-state index in [4.69, 9.17) is 15.2 Å².